The van der Waals surface area contributed by atoms with Crippen molar-refractivity contribution in [1.29, 1.82) is 0 Å². The molecule has 0 bridgehead atoms. The van der Waals surface area contributed by atoms with Gasteiger partial charge in [0.05, 0.1) is 0 Å². The molecule has 1 N–H and O–H groups in total. The summed E-state index contributed by atoms with van der Waals surface area (Å²) in [6, 6.07) is 0. The molecule has 0 spiro atoms. The molecule has 0 saturated heterocycles. The summed E-state index contributed by atoms with van der Waals surface area (Å²) in [6.45, 7) is 1.77. The number of nitrogens with one attached hydrogen (secondary N) is 1. The zero-order valence-electron chi connectivity index (χ0n) is 5.10. The first kappa shape index (κ1) is 7.91. The molecule has 0 saturated carbocycles. The van der Waals surface area contributed by atoms with Crippen molar-refractivity contribution in [1.82, 2.24) is 4.98 Å². The van der Waals surface area contributed by atoms with Gasteiger partial charge in [-0.3, -0.25) is 4.79 Å². The maximum Gasteiger partial charge on any atom is 0.264 e. The summed E-state index contributed by atoms with van der Waals surface area (Å²) in [7, 11) is 0. The lowest BCUT2D eigenvalue weighted by molar-refractivity contribution is 0.108. The van der Waals surface area contributed by atoms with E-state index < -0.39 is 5.24 Å². The van der Waals surface area contributed by atoms with Gasteiger partial charge in [-0.15, -0.1) is 11.3 Å². The fourth-order valence-corrected chi connectivity index (χ4v) is 1.93. The number of hydrogen-bond acceptors (Lipinski definition) is 3. The largest absolute Gasteiger partial charge is 0.340 e. The zero-order valence-corrected chi connectivity index (χ0v) is 7.49. The van der Waals surface area contributed by atoms with Crippen molar-refractivity contribution in [2.45, 2.75) is 6.92 Å². The van der Waals surface area contributed by atoms with Gasteiger partial charge in [0.25, 0.3) is 5.24 Å². The summed E-state index contributed by atoms with van der Waals surface area (Å²) >= 11 is 11.2. The molecule has 0 aliphatic heterocycles. The average molecular weight is 194 g/mol. The predicted molar refractivity (Wildman–Crippen MR) is 44.4 cm³/mol. The standard InChI is InChI=1S/C5H4ClNOS2/c1-2-3(4(6)8)10-5(9)7-2/h1H3,(H,7,9). The highest BCUT2D eigenvalue weighted by Gasteiger charge is 2.07. The van der Waals surface area contributed by atoms with Crippen LogP contribution in [-0.4, -0.2) is 10.2 Å². The maximum absolute atomic E-state index is 10.6. The first-order valence-corrected chi connectivity index (χ1v) is 4.11. The second-order valence-electron chi connectivity index (χ2n) is 1.74. The fourth-order valence-electron chi connectivity index (χ4n) is 0.592. The van der Waals surface area contributed by atoms with E-state index in [9.17, 15) is 4.79 Å². The van der Waals surface area contributed by atoms with Crippen LogP contribution in [0.15, 0.2) is 0 Å². The number of halogens is 1. The predicted octanol–water partition coefficient (Wildman–Crippen LogP) is 2.49. The molecule has 0 amide bonds. The number of rotatable bonds is 1. The van der Waals surface area contributed by atoms with E-state index in [0.29, 0.717) is 8.83 Å². The average Bonchev–Trinajstić information content (AvgIpc) is 2.10. The summed E-state index contributed by atoms with van der Waals surface area (Å²) in [5.74, 6) is 0. The van der Waals surface area contributed by atoms with Crippen molar-refractivity contribution in [3.8, 4) is 0 Å². The Labute approximate surface area is 71.8 Å². The minimum absolute atomic E-state index is 0.449. The molecule has 0 aliphatic rings. The van der Waals surface area contributed by atoms with E-state index in [0.717, 1.165) is 5.69 Å². The minimum atomic E-state index is -0.449. The van der Waals surface area contributed by atoms with Crippen LogP contribution in [-0.2, 0) is 0 Å². The molecule has 0 aliphatic carbocycles. The van der Waals surface area contributed by atoms with Crippen LogP contribution in [0, 0.1) is 10.9 Å². The molecule has 1 aromatic rings. The van der Waals surface area contributed by atoms with Crippen molar-refractivity contribution in [3.05, 3.63) is 14.5 Å². The van der Waals surface area contributed by atoms with Crippen LogP contribution in [0.1, 0.15) is 15.4 Å². The second kappa shape index (κ2) is 2.82. The zero-order chi connectivity index (χ0) is 7.72. The molecule has 2 nitrogen and oxygen atoms in total. The molecule has 5 heteroatoms. The smallest absolute Gasteiger partial charge is 0.264 e. The number of hydrogen-bond donors (Lipinski definition) is 1. The van der Waals surface area contributed by atoms with Crippen molar-refractivity contribution < 1.29 is 4.79 Å². The summed E-state index contributed by atoms with van der Waals surface area (Å²) < 4.78 is 0.585. The van der Waals surface area contributed by atoms with Gasteiger partial charge in [-0.1, -0.05) is 0 Å². The van der Waals surface area contributed by atoms with Gasteiger partial charge in [0, 0.05) is 5.69 Å². The molecule has 1 heterocycles. The summed E-state index contributed by atoms with van der Waals surface area (Å²) in [5, 5.41) is -0.449. The summed E-state index contributed by atoms with van der Waals surface area (Å²) in [4.78, 5) is 13.9. The van der Waals surface area contributed by atoms with Crippen molar-refractivity contribution in [2.24, 2.45) is 0 Å². The molecular weight excluding hydrogens is 190 g/mol. The number of aromatic amines is 1. The monoisotopic (exact) mass is 193 g/mol. The van der Waals surface area contributed by atoms with E-state index in [4.69, 9.17) is 23.8 Å². The first-order chi connectivity index (χ1) is 4.61. The van der Waals surface area contributed by atoms with E-state index in [1.54, 1.807) is 6.92 Å². The van der Waals surface area contributed by atoms with Gasteiger partial charge in [0.1, 0.15) is 4.88 Å². The number of aryl methyl sites for hydroxylation is 1. The van der Waals surface area contributed by atoms with Gasteiger partial charge < -0.3 is 4.98 Å². The molecule has 0 aromatic carbocycles. The number of carbonyl (C=O) groups excluding carboxylic acids is 1. The van der Waals surface area contributed by atoms with E-state index in [1.807, 2.05) is 0 Å². The van der Waals surface area contributed by atoms with Crippen LogP contribution in [0.25, 0.3) is 0 Å². The molecule has 0 atom stereocenters. The van der Waals surface area contributed by atoms with Crippen LogP contribution < -0.4 is 0 Å². The van der Waals surface area contributed by atoms with E-state index >= 15 is 0 Å². The van der Waals surface area contributed by atoms with Crippen LogP contribution in [0.4, 0.5) is 0 Å². The third-order valence-electron chi connectivity index (χ3n) is 1.00. The Kier molecular flexibility index (Phi) is 2.23. The minimum Gasteiger partial charge on any atom is -0.340 e. The molecule has 1 rings (SSSR count). The fraction of sp³-hybridized carbons (Fsp3) is 0.200. The number of H-pyrrole nitrogens is 1. The highest BCUT2D eigenvalue weighted by molar-refractivity contribution is 7.73. The topological polar surface area (TPSA) is 32.9 Å². The quantitative estimate of drug-likeness (QED) is 0.549. The number of aromatic nitrogens is 1. The molecular formula is C5H4ClNOS2. The third-order valence-corrected chi connectivity index (χ3v) is 2.64. The Morgan fingerprint density at radius 1 is 1.80 bits per heavy atom. The third kappa shape index (κ3) is 1.45. The van der Waals surface area contributed by atoms with Gasteiger partial charge in [0.2, 0.25) is 0 Å². The highest BCUT2D eigenvalue weighted by Crippen LogP contribution is 2.16. The Morgan fingerprint density at radius 2 is 2.40 bits per heavy atom. The van der Waals surface area contributed by atoms with Crippen LogP contribution in [0.5, 0.6) is 0 Å². The van der Waals surface area contributed by atoms with Crippen molar-refractivity contribution in [3.63, 3.8) is 0 Å². The van der Waals surface area contributed by atoms with E-state index in [1.165, 1.54) is 11.3 Å². The van der Waals surface area contributed by atoms with E-state index in [2.05, 4.69) is 4.98 Å². The lowest BCUT2D eigenvalue weighted by Gasteiger charge is -1.84. The Bertz CT molecular complexity index is 314. The maximum atomic E-state index is 10.6. The highest BCUT2D eigenvalue weighted by atomic mass is 35.5. The van der Waals surface area contributed by atoms with Gasteiger partial charge >= 0.3 is 0 Å². The van der Waals surface area contributed by atoms with Crippen molar-refractivity contribution in [2.75, 3.05) is 0 Å². The SMILES string of the molecule is Cc1[nH]c(=S)sc1C(=O)Cl. The molecule has 0 fully saturated rings. The van der Waals surface area contributed by atoms with Crippen LogP contribution in [0.2, 0.25) is 0 Å². The van der Waals surface area contributed by atoms with Crippen LogP contribution >= 0.6 is 35.2 Å². The van der Waals surface area contributed by atoms with Gasteiger partial charge in [0.15, 0.2) is 3.95 Å². The molecule has 0 radical (unpaired) electrons. The Hall–Kier alpha value is -0.190. The molecule has 0 unspecified atom stereocenters. The molecule has 10 heavy (non-hydrogen) atoms. The summed E-state index contributed by atoms with van der Waals surface area (Å²) in [6.07, 6.45) is 0. The first-order valence-electron chi connectivity index (χ1n) is 2.51. The van der Waals surface area contributed by atoms with Crippen molar-refractivity contribution >= 4 is 40.4 Å². The van der Waals surface area contributed by atoms with Crippen LogP contribution in [0.3, 0.4) is 0 Å². The van der Waals surface area contributed by atoms with Gasteiger partial charge in [-0.25, -0.2) is 0 Å². The Balaban J connectivity index is 3.28. The number of thiazole rings is 1. The lowest BCUT2D eigenvalue weighted by Crippen LogP contribution is -1.85. The Morgan fingerprint density at radius 3 is 2.60 bits per heavy atom. The summed E-state index contributed by atoms with van der Waals surface area (Å²) in [5.41, 5.74) is 0.745. The number of carbonyl (C=O) groups is 1. The second-order valence-corrected chi connectivity index (χ2v) is 3.77. The van der Waals surface area contributed by atoms with Gasteiger partial charge in [-0.05, 0) is 30.7 Å². The lowest BCUT2D eigenvalue weighted by atomic mass is 10.4. The van der Waals surface area contributed by atoms with E-state index in [-0.39, 0.29) is 0 Å². The normalized spacial score (nSPS) is 9.80. The molecule has 54 valence electrons. The molecule has 1 aromatic heterocycles. The van der Waals surface area contributed by atoms with Gasteiger partial charge in [-0.2, -0.15) is 0 Å².